The lowest BCUT2D eigenvalue weighted by Gasteiger charge is -2.20. The van der Waals surface area contributed by atoms with Gasteiger partial charge in [-0.15, -0.1) is 0 Å². The molecule has 0 spiro atoms. The molecule has 20 heavy (non-hydrogen) atoms. The number of hydrogen-bond acceptors (Lipinski definition) is 3. The summed E-state index contributed by atoms with van der Waals surface area (Å²) in [6.07, 6.45) is 0.114. The SMILES string of the molecule is CC[C@@H](O)[C@@H](N)c1ccccc1Sc1ccc(Cl)cc1. The van der Waals surface area contributed by atoms with Gasteiger partial charge in [-0.05, 0) is 42.3 Å². The van der Waals surface area contributed by atoms with E-state index in [4.69, 9.17) is 17.3 Å². The second-order valence-corrected chi connectivity index (χ2v) is 6.15. The highest BCUT2D eigenvalue weighted by atomic mass is 35.5. The Morgan fingerprint density at radius 1 is 1.15 bits per heavy atom. The van der Waals surface area contributed by atoms with Gasteiger partial charge in [0, 0.05) is 14.8 Å². The molecule has 0 fully saturated rings. The average Bonchev–Trinajstić information content (AvgIpc) is 2.48. The van der Waals surface area contributed by atoms with Gasteiger partial charge in [0.1, 0.15) is 0 Å². The zero-order valence-electron chi connectivity index (χ0n) is 11.3. The monoisotopic (exact) mass is 307 g/mol. The van der Waals surface area contributed by atoms with Crippen molar-refractivity contribution >= 4 is 23.4 Å². The molecule has 0 amide bonds. The largest absolute Gasteiger partial charge is 0.391 e. The summed E-state index contributed by atoms with van der Waals surface area (Å²) in [5.41, 5.74) is 7.12. The van der Waals surface area contributed by atoms with Crippen LogP contribution in [0.1, 0.15) is 24.9 Å². The molecule has 0 aromatic heterocycles. The van der Waals surface area contributed by atoms with Gasteiger partial charge in [-0.25, -0.2) is 0 Å². The molecular formula is C16H18ClNOS. The zero-order chi connectivity index (χ0) is 14.5. The van der Waals surface area contributed by atoms with E-state index in [1.165, 1.54) is 0 Å². The van der Waals surface area contributed by atoms with Crippen LogP contribution < -0.4 is 5.73 Å². The minimum atomic E-state index is -0.526. The Hall–Kier alpha value is -1.00. The Balaban J connectivity index is 2.25. The molecule has 2 rings (SSSR count). The quantitative estimate of drug-likeness (QED) is 0.867. The molecule has 106 valence electrons. The second-order valence-electron chi connectivity index (χ2n) is 4.60. The highest BCUT2D eigenvalue weighted by Gasteiger charge is 2.18. The fourth-order valence-electron chi connectivity index (χ4n) is 1.94. The molecule has 0 aliphatic rings. The highest BCUT2D eigenvalue weighted by Crippen LogP contribution is 2.34. The van der Waals surface area contributed by atoms with Crippen LogP contribution in [0, 0.1) is 0 Å². The predicted molar refractivity (Wildman–Crippen MR) is 85.2 cm³/mol. The van der Waals surface area contributed by atoms with E-state index in [0.29, 0.717) is 6.42 Å². The molecule has 0 bridgehead atoms. The number of aliphatic hydroxyl groups is 1. The number of rotatable bonds is 5. The first-order chi connectivity index (χ1) is 9.61. The van der Waals surface area contributed by atoms with Crippen LogP contribution >= 0.6 is 23.4 Å². The van der Waals surface area contributed by atoms with Crippen LogP contribution in [-0.4, -0.2) is 11.2 Å². The van der Waals surface area contributed by atoms with Gasteiger partial charge < -0.3 is 10.8 Å². The third-order valence-corrected chi connectivity index (χ3v) is 4.50. The summed E-state index contributed by atoms with van der Waals surface area (Å²) in [4.78, 5) is 2.16. The number of hydrogen-bond donors (Lipinski definition) is 2. The van der Waals surface area contributed by atoms with Gasteiger partial charge in [0.25, 0.3) is 0 Å². The smallest absolute Gasteiger partial charge is 0.0730 e. The van der Waals surface area contributed by atoms with E-state index in [1.54, 1.807) is 11.8 Å². The van der Waals surface area contributed by atoms with Crippen LogP contribution in [0.5, 0.6) is 0 Å². The topological polar surface area (TPSA) is 46.2 Å². The lowest BCUT2D eigenvalue weighted by atomic mass is 10.0. The third kappa shape index (κ3) is 3.76. The number of nitrogens with two attached hydrogens (primary N) is 1. The van der Waals surface area contributed by atoms with Crippen molar-refractivity contribution in [3.63, 3.8) is 0 Å². The molecule has 0 unspecified atom stereocenters. The van der Waals surface area contributed by atoms with E-state index in [1.807, 2.05) is 55.5 Å². The summed E-state index contributed by atoms with van der Waals surface area (Å²) in [5, 5.41) is 10.7. The maximum Gasteiger partial charge on any atom is 0.0730 e. The third-order valence-electron chi connectivity index (χ3n) is 3.15. The van der Waals surface area contributed by atoms with Crippen molar-refractivity contribution in [2.75, 3.05) is 0 Å². The Bertz CT molecular complexity index is 559. The van der Waals surface area contributed by atoms with Crippen LogP contribution in [0.3, 0.4) is 0 Å². The first kappa shape index (κ1) is 15.4. The molecule has 2 nitrogen and oxygen atoms in total. The molecule has 0 saturated heterocycles. The van der Waals surface area contributed by atoms with Crippen molar-refractivity contribution in [3.05, 3.63) is 59.1 Å². The minimum Gasteiger partial charge on any atom is -0.391 e. The van der Waals surface area contributed by atoms with Gasteiger partial charge in [-0.3, -0.25) is 0 Å². The normalized spacial score (nSPS) is 14.0. The van der Waals surface area contributed by atoms with Crippen molar-refractivity contribution in [2.24, 2.45) is 5.73 Å². The van der Waals surface area contributed by atoms with Crippen molar-refractivity contribution in [2.45, 2.75) is 35.3 Å². The molecule has 2 aromatic carbocycles. The second kappa shape index (κ2) is 7.14. The fourth-order valence-corrected chi connectivity index (χ4v) is 3.06. The van der Waals surface area contributed by atoms with E-state index in [0.717, 1.165) is 20.4 Å². The summed E-state index contributed by atoms with van der Waals surface area (Å²) in [6, 6.07) is 15.3. The summed E-state index contributed by atoms with van der Waals surface area (Å²) in [7, 11) is 0. The van der Waals surface area contributed by atoms with Gasteiger partial charge in [0.05, 0.1) is 12.1 Å². The molecule has 0 saturated carbocycles. The van der Waals surface area contributed by atoms with E-state index >= 15 is 0 Å². The Morgan fingerprint density at radius 3 is 2.45 bits per heavy atom. The van der Waals surface area contributed by atoms with Crippen molar-refractivity contribution in [1.82, 2.24) is 0 Å². The van der Waals surface area contributed by atoms with Crippen LogP contribution in [-0.2, 0) is 0 Å². The van der Waals surface area contributed by atoms with Gasteiger partial charge in [-0.1, -0.05) is 48.5 Å². The first-order valence-electron chi connectivity index (χ1n) is 6.57. The Labute approximate surface area is 129 Å². The van der Waals surface area contributed by atoms with Gasteiger partial charge >= 0.3 is 0 Å². The molecule has 0 radical (unpaired) electrons. The summed E-state index contributed by atoms with van der Waals surface area (Å²) in [6.45, 7) is 1.93. The molecule has 2 atom stereocenters. The Morgan fingerprint density at radius 2 is 1.80 bits per heavy atom. The zero-order valence-corrected chi connectivity index (χ0v) is 12.9. The van der Waals surface area contributed by atoms with Crippen molar-refractivity contribution in [1.29, 1.82) is 0 Å². The molecule has 0 heterocycles. The molecule has 0 aliphatic carbocycles. The maximum absolute atomic E-state index is 9.96. The maximum atomic E-state index is 9.96. The van der Waals surface area contributed by atoms with E-state index < -0.39 is 6.10 Å². The summed E-state index contributed by atoms with van der Waals surface area (Å²) >= 11 is 7.52. The summed E-state index contributed by atoms with van der Waals surface area (Å²) in [5.74, 6) is 0. The van der Waals surface area contributed by atoms with E-state index in [9.17, 15) is 5.11 Å². The van der Waals surface area contributed by atoms with Crippen LogP contribution in [0.15, 0.2) is 58.3 Å². The standard InChI is InChI=1S/C16H18ClNOS/c1-2-14(19)16(18)13-5-3-4-6-15(13)20-12-9-7-11(17)8-10-12/h3-10,14,16,19H,2,18H2,1H3/t14-,16+/m1/s1. The average molecular weight is 308 g/mol. The van der Waals surface area contributed by atoms with E-state index in [-0.39, 0.29) is 6.04 Å². The highest BCUT2D eigenvalue weighted by molar-refractivity contribution is 7.99. The van der Waals surface area contributed by atoms with Gasteiger partial charge in [0.15, 0.2) is 0 Å². The van der Waals surface area contributed by atoms with Crippen molar-refractivity contribution in [3.8, 4) is 0 Å². The number of benzene rings is 2. The van der Waals surface area contributed by atoms with Crippen molar-refractivity contribution < 1.29 is 5.11 Å². The molecule has 3 N–H and O–H groups in total. The van der Waals surface area contributed by atoms with Crippen LogP contribution in [0.4, 0.5) is 0 Å². The minimum absolute atomic E-state index is 0.365. The number of aliphatic hydroxyl groups excluding tert-OH is 1. The lowest BCUT2D eigenvalue weighted by Crippen LogP contribution is -2.25. The predicted octanol–water partition coefficient (Wildman–Crippen LogP) is 4.26. The lowest BCUT2D eigenvalue weighted by molar-refractivity contribution is 0.140. The molecule has 0 aliphatic heterocycles. The van der Waals surface area contributed by atoms with E-state index in [2.05, 4.69) is 0 Å². The number of halogens is 1. The summed E-state index contributed by atoms with van der Waals surface area (Å²) < 4.78 is 0. The molecule has 4 heteroatoms. The Kier molecular flexibility index (Phi) is 5.49. The molecule has 2 aromatic rings. The van der Waals surface area contributed by atoms with Crippen LogP contribution in [0.2, 0.25) is 5.02 Å². The van der Waals surface area contributed by atoms with Crippen LogP contribution in [0.25, 0.3) is 0 Å². The molecular weight excluding hydrogens is 290 g/mol. The fraction of sp³-hybridized carbons (Fsp3) is 0.250. The first-order valence-corrected chi connectivity index (χ1v) is 7.77. The van der Waals surface area contributed by atoms with Gasteiger partial charge in [0.2, 0.25) is 0 Å². The van der Waals surface area contributed by atoms with Gasteiger partial charge in [-0.2, -0.15) is 0 Å².